The van der Waals surface area contributed by atoms with Crippen LogP contribution in [0.15, 0.2) is 35.2 Å². The number of hydrogen-bond acceptors (Lipinski definition) is 3. The third kappa shape index (κ3) is 3.08. The predicted octanol–water partition coefficient (Wildman–Crippen LogP) is 4.24. The Balaban J connectivity index is 2.05. The molecule has 0 spiro atoms. The van der Waals surface area contributed by atoms with Gasteiger partial charge in [0, 0.05) is 16.0 Å². The molecule has 1 aromatic rings. The third-order valence-corrected chi connectivity index (χ3v) is 4.57. The third-order valence-electron chi connectivity index (χ3n) is 3.79. The maximum absolute atomic E-state index is 3.57. The standard InChI is InChI=1S/C15H24N2S/c1-14(2)11-8-12-15(3,4)17(14)16-18-13-9-6-5-7-10-13/h5-7,9-10,16H,8,11-12H2,1-4H3. The monoisotopic (exact) mass is 264 g/mol. The van der Waals surface area contributed by atoms with Crippen LogP contribution in [0.2, 0.25) is 0 Å². The van der Waals surface area contributed by atoms with Gasteiger partial charge in [0.2, 0.25) is 0 Å². The van der Waals surface area contributed by atoms with Gasteiger partial charge in [-0.15, -0.1) is 0 Å². The van der Waals surface area contributed by atoms with E-state index in [-0.39, 0.29) is 11.1 Å². The number of piperidine rings is 1. The van der Waals surface area contributed by atoms with Crippen molar-refractivity contribution in [3.05, 3.63) is 30.3 Å². The first kappa shape index (κ1) is 13.9. The van der Waals surface area contributed by atoms with Crippen LogP contribution in [-0.4, -0.2) is 16.1 Å². The summed E-state index contributed by atoms with van der Waals surface area (Å²) in [6, 6.07) is 10.5. The van der Waals surface area contributed by atoms with Gasteiger partial charge in [0.25, 0.3) is 0 Å². The first-order chi connectivity index (χ1) is 8.42. The lowest BCUT2D eigenvalue weighted by Gasteiger charge is -2.52. The molecule has 0 bridgehead atoms. The van der Waals surface area contributed by atoms with Crippen LogP contribution in [0.4, 0.5) is 0 Å². The molecular weight excluding hydrogens is 240 g/mol. The highest BCUT2D eigenvalue weighted by Gasteiger charge is 2.41. The first-order valence-corrected chi connectivity index (χ1v) is 7.51. The molecule has 1 N–H and O–H groups in total. The molecule has 0 saturated carbocycles. The summed E-state index contributed by atoms with van der Waals surface area (Å²) < 4.78 is 0. The van der Waals surface area contributed by atoms with E-state index in [1.807, 2.05) is 0 Å². The molecule has 0 amide bonds. The number of benzene rings is 1. The molecule has 0 aliphatic carbocycles. The van der Waals surface area contributed by atoms with E-state index in [0.717, 1.165) is 0 Å². The fourth-order valence-electron chi connectivity index (χ4n) is 2.83. The smallest absolute Gasteiger partial charge is 0.0313 e. The average Bonchev–Trinajstić information content (AvgIpc) is 2.28. The number of hydrazine groups is 1. The number of rotatable bonds is 3. The molecule has 0 aromatic heterocycles. The van der Waals surface area contributed by atoms with Crippen LogP contribution < -0.4 is 4.83 Å². The average molecular weight is 264 g/mol. The highest BCUT2D eigenvalue weighted by Crippen LogP contribution is 2.37. The van der Waals surface area contributed by atoms with Crippen molar-refractivity contribution in [1.82, 2.24) is 9.84 Å². The first-order valence-electron chi connectivity index (χ1n) is 6.70. The Kier molecular flexibility index (Phi) is 4.05. The van der Waals surface area contributed by atoms with E-state index >= 15 is 0 Å². The summed E-state index contributed by atoms with van der Waals surface area (Å²) in [7, 11) is 0. The summed E-state index contributed by atoms with van der Waals surface area (Å²) >= 11 is 1.71. The lowest BCUT2D eigenvalue weighted by atomic mass is 9.82. The molecule has 0 unspecified atom stereocenters. The molecule has 3 heteroatoms. The minimum absolute atomic E-state index is 0.212. The second kappa shape index (κ2) is 5.24. The van der Waals surface area contributed by atoms with Crippen molar-refractivity contribution in [2.45, 2.75) is 62.9 Å². The zero-order valence-corrected chi connectivity index (χ0v) is 12.7. The van der Waals surface area contributed by atoms with Crippen LogP contribution in [0.25, 0.3) is 0 Å². The van der Waals surface area contributed by atoms with Gasteiger partial charge in [-0.25, -0.2) is 5.01 Å². The molecule has 0 radical (unpaired) electrons. The van der Waals surface area contributed by atoms with E-state index in [4.69, 9.17) is 0 Å². The molecule has 1 saturated heterocycles. The zero-order chi connectivity index (χ0) is 13.2. The summed E-state index contributed by atoms with van der Waals surface area (Å²) in [5.41, 5.74) is 0.424. The van der Waals surface area contributed by atoms with E-state index in [2.05, 4.69) is 67.9 Å². The summed E-state index contributed by atoms with van der Waals surface area (Å²) in [5.74, 6) is 0. The highest BCUT2D eigenvalue weighted by molar-refractivity contribution is 7.97. The minimum Gasteiger partial charge on any atom is -0.223 e. The Bertz CT molecular complexity index is 371. The van der Waals surface area contributed by atoms with Gasteiger partial charge < -0.3 is 0 Å². The molecule has 0 atom stereocenters. The lowest BCUT2D eigenvalue weighted by Crippen LogP contribution is -2.62. The maximum atomic E-state index is 3.57. The lowest BCUT2D eigenvalue weighted by molar-refractivity contribution is -0.0440. The minimum atomic E-state index is 0.212. The summed E-state index contributed by atoms with van der Waals surface area (Å²) in [4.78, 5) is 4.83. The van der Waals surface area contributed by atoms with Gasteiger partial charge in [0.1, 0.15) is 0 Å². The van der Waals surface area contributed by atoms with Crippen molar-refractivity contribution in [3.8, 4) is 0 Å². The van der Waals surface area contributed by atoms with Crippen LogP contribution in [0.3, 0.4) is 0 Å². The second-order valence-electron chi connectivity index (χ2n) is 6.32. The summed E-state index contributed by atoms with van der Waals surface area (Å²) in [6.45, 7) is 9.30. The second-order valence-corrected chi connectivity index (χ2v) is 7.18. The quantitative estimate of drug-likeness (QED) is 0.822. The van der Waals surface area contributed by atoms with Gasteiger partial charge >= 0.3 is 0 Å². The van der Waals surface area contributed by atoms with Crippen LogP contribution in [0, 0.1) is 0 Å². The van der Waals surface area contributed by atoms with Crippen molar-refractivity contribution in [2.75, 3.05) is 0 Å². The molecule has 1 heterocycles. The molecule has 1 aliphatic rings. The van der Waals surface area contributed by atoms with Crippen molar-refractivity contribution < 1.29 is 0 Å². The molecule has 1 aliphatic heterocycles. The van der Waals surface area contributed by atoms with Gasteiger partial charge in [-0.3, -0.25) is 0 Å². The Morgan fingerprint density at radius 2 is 1.56 bits per heavy atom. The Morgan fingerprint density at radius 3 is 2.11 bits per heavy atom. The van der Waals surface area contributed by atoms with Gasteiger partial charge in [0.05, 0.1) is 0 Å². The van der Waals surface area contributed by atoms with Crippen molar-refractivity contribution in [1.29, 1.82) is 0 Å². The van der Waals surface area contributed by atoms with Gasteiger partial charge in [-0.2, -0.15) is 4.83 Å². The van der Waals surface area contributed by atoms with E-state index in [9.17, 15) is 0 Å². The van der Waals surface area contributed by atoms with Crippen molar-refractivity contribution in [3.63, 3.8) is 0 Å². The SMILES string of the molecule is CC1(C)CCCC(C)(C)N1NSc1ccccc1. The fourth-order valence-corrected chi connectivity index (χ4v) is 3.81. The highest BCUT2D eigenvalue weighted by atomic mass is 32.2. The maximum Gasteiger partial charge on any atom is 0.0313 e. The zero-order valence-electron chi connectivity index (χ0n) is 11.9. The largest absolute Gasteiger partial charge is 0.223 e. The molecule has 1 aromatic carbocycles. The number of nitrogens with zero attached hydrogens (tertiary/aromatic N) is 1. The summed E-state index contributed by atoms with van der Waals surface area (Å²) in [5, 5.41) is 2.43. The van der Waals surface area contributed by atoms with Crippen LogP contribution in [0.5, 0.6) is 0 Å². The van der Waals surface area contributed by atoms with Gasteiger partial charge in [0.15, 0.2) is 0 Å². The van der Waals surface area contributed by atoms with E-state index < -0.39 is 0 Å². The Labute approximate surface area is 115 Å². The van der Waals surface area contributed by atoms with E-state index in [1.165, 1.54) is 24.2 Å². The van der Waals surface area contributed by atoms with Crippen molar-refractivity contribution >= 4 is 11.9 Å². The van der Waals surface area contributed by atoms with Crippen LogP contribution in [0.1, 0.15) is 47.0 Å². The molecule has 2 nitrogen and oxygen atoms in total. The molecule has 18 heavy (non-hydrogen) atoms. The molecule has 2 rings (SSSR count). The molecule has 1 fully saturated rings. The predicted molar refractivity (Wildman–Crippen MR) is 79.3 cm³/mol. The van der Waals surface area contributed by atoms with Gasteiger partial charge in [-0.05, 0) is 71.0 Å². The fraction of sp³-hybridized carbons (Fsp3) is 0.600. The Hall–Kier alpha value is -0.510. The molecular formula is C15H24N2S. The number of nitrogens with one attached hydrogen (secondary N) is 1. The van der Waals surface area contributed by atoms with E-state index in [1.54, 1.807) is 11.9 Å². The van der Waals surface area contributed by atoms with E-state index in [0.29, 0.717) is 0 Å². The van der Waals surface area contributed by atoms with Crippen LogP contribution in [-0.2, 0) is 0 Å². The normalized spacial score (nSPS) is 22.9. The topological polar surface area (TPSA) is 15.3 Å². The van der Waals surface area contributed by atoms with Gasteiger partial charge in [-0.1, -0.05) is 18.2 Å². The molecule has 100 valence electrons. The Morgan fingerprint density at radius 1 is 1.00 bits per heavy atom. The van der Waals surface area contributed by atoms with Crippen LogP contribution >= 0.6 is 11.9 Å². The summed E-state index contributed by atoms with van der Waals surface area (Å²) in [6.07, 6.45) is 3.81. The number of hydrogen-bond donors (Lipinski definition) is 1. The van der Waals surface area contributed by atoms with Crippen molar-refractivity contribution in [2.24, 2.45) is 0 Å².